The molecule has 1 aromatic heterocycles. The molecule has 5 rings (SSSR count). The molecule has 1 aliphatic heterocycles. The average Bonchev–Trinajstić information content (AvgIpc) is 3.58. The van der Waals surface area contributed by atoms with Crippen LogP contribution in [0.15, 0.2) is 48.5 Å². The van der Waals surface area contributed by atoms with Crippen LogP contribution in [0.2, 0.25) is 0 Å². The number of anilines is 1. The highest BCUT2D eigenvalue weighted by molar-refractivity contribution is 5.51. The first-order valence-electron chi connectivity index (χ1n) is 12.4. The molecule has 1 atom stereocenters. The zero-order valence-electron chi connectivity index (χ0n) is 20.0. The Labute approximate surface area is 204 Å². The number of ether oxygens (including phenoxy) is 1. The van der Waals surface area contributed by atoms with E-state index in [-0.39, 0.29) is 16.7 Å². The first-order valence-corrected chi connectivity index (χ1v) is 12.4. The first kappa shape index (κ1) is 23.2. The van der Waals surface area contributed by atoms with Gasteiger partial charge in [0, 0.05) is 44.0 Å². The summed E-state index contributed by atoms with van der Waals surface area (Å²) in [5, 5.41) is 24.0. The van der Waals surface area contributed by atoms with Crippen molar-refractivity contribution >= 4 is 11.4 Å². The Kier molecular flexibility index (Phi) is 6.89. The number of rotatable bonds is 8. The highest BCUT2D eigenvalue weighted by atomic mass is 16.6. The van der Waals surface area contributed by atoms with Gasteiger partial charge in [-0.05, 0) is 60.0 Å². The lowest BCUT2D eigenvalue weighted by Crippen LogP contribution is -2.48. The fraction of sp³-hybridized carbons (Fsp3) is 0.480. The fourth-order valence-corrected chi connectivity index (χ4v) is 5.25. The van der Waals surface area contributed by atoms with E-state index in [4.69, 9.17) is 4.74 Å². The van der Waals surface area contributed by atoms with Crippen molar-refractivity contribution in [3.8, 4) is 5.75 Å². The number of tetrazole rings is 1. The van der Waals surface area contributed by atoms with E-state index in [1.165, 1.54) is 12.8 Å². The Balaban J connectivity index is 1.39. The maximum Gasteiger partial charge on any atom is 0.269 e. The minimum atomic E-state index is -0.363. The largest absolute Gasteiger partial charge is 0.494 e. The maximum absolute atomic E-state index is 11.0. The number of non-ortho nitro benzene ring substituents is 1. The van der Waals surface area contributed by atoms with E-state index in [1.807, 2.05) is 31.2 Å². The van der Waals surface area contributed by atoms with E-state index in [1.54, 1.807) is 12.1 Å². The van der Waals surface area contributed by atoms with E-state index in [9.17, 15) is 10.1 Å². The van der Waals surface area contributed by atoms with Crippen LogP contribution < -0.4 is 9.64 Å². The standard InChI is InChI=1S/C25H31N7O3/c1-2-35-23-13-7-19(8-14-23)24(25-26-27-28-31(25)21-5-3-4-6-21)30-17-15-29(16-18-30)20-9-11-22(12-10-20)32(33)34/h7-14,21,24H,2-6,15-18H2,1H3/t24-/m1/s1. The average molecular weight is 478 g/mol. The Bertz CT molecular complexity index is 1120. The summed E-state index contributed by atoms with van der Waals surface area (Å²) < 4.78 is 7.71. The molecule has 1 saturated carbocycles. The van der Waals surface area contributed by atoms with Gasteiger partial charge in [0.1, 0.15) is 5.75 Å². The molecule has 1 saturated heterocycles. The molecule has 35 heavy (non-hydrogen) atoms. The van der Waals surface area contributed by atoms with Crippen molar-refractivity contribution in [2.24, 2.45) is 0 Å². The summed E-state index contributed by atoms with van der Waals surface area (Å²) in [5.41, 5.74) is 2.26. The van der Waals surface area contributed by atoms with E-state index in [0.29, 0.717) is 12.6 Å². The molecular weight excluding hydrogens is 446 g/mol. The summed E-state index contributed by atoms with van der Waals surface area (Å²) in [5.74, 6) is 1.75. The molecule has 0 bridgehead atoms. The summed E-state index contributed by atoms with van der Waals surface area (Å²) in [6, 6.07) is 15.4. The summed E-state index contributed by atoms with van der Waals surface area (Å²) in [6.45, 7) is 5.90. The second kappa shape index (κ2) is 10.4. The Hall–Kier alpha value is -3.53. The van der Waals surface area contributed by atoms with Gasteiger partial charge in [-0.3, -0.25) is 15.0 Å². The number of nitrogens with zero attached hydrogens (tertiary/aromatic N) is 7. The van der Waals surface area contributed by atoms with E-state index >= 15 is 0 Å². The molecule has 2 aromatic carbocycles. The molecule has 0 radical (unpaired) electrons. The van der Waals surface area contributed by atoms with Crippen LogP contribution in [0.4, 0.5) is 11.4 Å². The second-order valence-electron chi connectivity index (χ2n) is 9.12. The quantitative estimate of drug-likeness (QED) is 0.354. The molecule has 0 spiro atoms. The minimum absolute atomic E-state index is 0.0553. The van der Waals surface area contributed by atoms with E-state index in [2.05, 4.69) is 42.1 Å². The molecule has 0 N–H and O–H groups in total. The molecule has 0 amide bonds. The van der Waals surface area contributed by atoms with Crippen LogP contribution in [-0.2, 0) is 0 Å². The minimum Gasteiger partial charge on any atom is -0.494 e. The Morgan fingerprint density at radius 3 is 2.34 bits per heavy atom. The molecule has 2 heterocycles. The van der Waals surface area contributed by atoms with Gasteiger partial charge in [0.2, 0.25) is 0 Å². The first-order chi connectivity index (χ1) is 17.1. The van der Waals surface area contributed by atoms with Crippen LogP contribution in [0.3, 0.4) is 0 Å². The molecular formula is C25H31N7O3. The zero-order chi connectivity index (χ0) is 24.2. The van der Waals surface area contributed by atoms with Crippen molar-refractivity contribution < 1.29 is 9.66 Å². The van der Waals surface area contributed by atoms with Gasteiger partial charge in [-0.25, -0.2) is 4.68 Å². The maximum atomic E-state index is 11.0. The summed E-state index contributed by atoms with van der Waals surface area (Å²) in [4.78, 5) is 15.3. The summed E-state index contributed by atoms with van der Waals surface area (Å²) >= 11 is 0. The van der Waals surface area contributed by atoms with E-state index < -0.39 is 0 Å². The molecule has 2 fully saturated rings. The number of nitro benzene ring substituents is 1. The number of benzene rings is 2. The predicted octanol–water partition coefficient (Wildman–Crippen LogP) is 4.01. The van der Waals surface area contributed by atoms with Crippen LogP contribution in [0.5, 0.6) is 5.75 Å². The Morgan fingerprint density at radius 2 is 1.71 bits per heavy atom. The Morgan fingerprint density at radius 1 is 1.03 bits per heavy atom. The van der Waals surface area contributed by atoms with Gasteiger partial charge >= 0.3 is 0 Å². The smallest absolute Gasteiger partial charge is 0.269 e. The van der Waals surface area contributed by atoms with Crippen LogP contribution in [-0.4, -0.2) is 62.8 Å². The molecule has 1 aliphatic carbocycles. The van der Waals surface area contributed by atoms with Crippen LogP contribution in [0, 0.1) is 10.1 Å². The van der Waals surface area contributed by atoms with Crippen molar-refractivity contribution in [2.45, 2.75) is 44.7 Å². The topological polar surface area (TPSA) is 102 Å². The molecule has 184 valence electrons. The normalized spacial score (nSPS) is 18.0. The predicted molar refractivity (Wildman–Crippen MR) is 132 cm³/mol. The summed E-state index contributed by atoms with van der Waals surface area (Å²) in [7, 11) is 0. The van der Waals surface area contributed by atoms with Crippen LogP contribution in [0.25, 0.3) is 0 Å². The second-order valence-corrected chi connectivity index (χ2v) is 9.12. The lowest BCUT2D eigenvalue weighted by Gasteiger charge is -2.40. The van der Waals surface area contributed by atoms with Gasteiger partial charge in [-0.1, -0.05) is 25.0 Å². The lowest BCUT2D eigenvalue weighted by atomic mass is 10.0. The third kappa shape index (κ3) is 4.97. The summed E-state index contributed by atoms with van der Waals surface area (Å²) in [6.07, 6.45) is 4.65. The van der Waals surface area contributed by atoms with Gasteiger partial charge in [0.25, 0.3) is 5.69 Å². The van der Waals surface area contributed by atoms with Gasteiger partial charge in [0.05, 0.1) is 23.6 Å². The lowest BCUT2D eigenvalue weighted by molar-refractivity contribution is -0.384. The van der Waals surface area contributed by atoms with Crippen molar-refractivity contribution in [1.29, 1.82) is 0 Å². The fourth-order valence-electron chi connectivity index (χ4n) is 5.25. The number of hydrogen-bond acceptors (Lipinski definition) is 8. The molecule has 2 aliphatic rings. The third-order valence-electron chi connectivity index (χ3n) is 7.05. The van der Waals surface area contributed by atoms with Crippen molar-refractivity contribution in [3.63, 3.8) is 0 Å². The van der Waals surface area contributed by atoms with Crippen molar-refractivity contribution in [3.05, 3.63) is 70.0 Å². The van der Waals surface area contributed by atoms with E-state index in [0.717, 1.165) is 61.8 Å². The van der Waals surface area contributed by atoms with Crippen molar-refractivity contribution in [2.75, 3.05) is 37.7 Å². The highest BCUT2D eigenvalue weighted by Gasteiger charge is 2.33. The monoisotopic (exact) mass is 477 g/mol. The van der Waals surface area contributed by atoms with Crippen molar-refractivity contribution in [1.82, 2.24) is 25.1 Å². The molecule has 3 aromatic rings. The third-order valence-corrected chi connectivity index (χ3v) is 7.05. The zero-order valence-corrected chi connectivity index (χ0v) is 20.0. The van der Waals surface area contributed by atoms with Crippen LogP contribution in [0.1, 0.15) is 56.1 Å². The van der Waals surface area contributed by atoms with Gasteiger partial charge in [0.15, 0.2) is 5.82 Å². The molecule has 10 heteroatoms. The molecule has 10 nitrogen and oxygen atoms in total. The van der Waals surface area contributed by atoms with Crippen LogP contribution >= 0.6 is 0 Å². The number of piperazine rings is 1. The SMILES string of the molecule is CCOc1ccc([C@H](c2nnnn2C2CCCC2)N2CCN(c3ccc([N+](=O)[O-])cc3)CC2)cc1. The van der Waals surface area contributed by atoms with Gasteiger partial charge in [-0.2, -0.15) is 0 Å². The van der Waals surface area contributed by atoms with Gasteiger partial charge < -0.3 is 9.64 Å². The highest BCUT2D eigenvalue weighted by Crippen LogP contribution is 2.35. The molecule has 0 unspecified atom stereocenters. The number of hydrogen-bond donors (Lipinski definition) is 0. The van der Waals surface area contributed by atoms with Gasteiger partial charge in [-0.15, -0.1) is 5.10 Å². The number of aromatic nitrogens is 4. The number of nitro groups is 1.